The Hall–Kier alpha value is -1.91. The maximum Gasteiger partial charge on any atom is 0.222 e. The molecule has 134 valence electrons. The van der Waals surface area contributed by atoms with Gasteiger partial charge in [-0.25, -0.2) is 4.39 Å². The zero-order chi connectivity index (χ0) is 17.1. The Bertz CT molecular complexity index is 723. The summed E-state index contributed by atoms with van der Waals surface area (Å²) in [6.07, 6.45) is 1.81. The van der Waals surface area contributed by atoms with E-state index in [-0.39, 0.29) is 48.6 Å². The summed E-state index contributed by atoms with van der Waals surface area (Å²) in [5.74, 6) is -0.00356. The van der Waals surface area contributed by atoms with Crippen molar-refractivity contribution in [1.82, 2.24) is 5.32 Å². The van der Waals surface area contributed by atoms with E-state index in [1.807, 2.05) is 36.4 Å². The third-order valence-electron chi connectivity index (χ3n) is 4.86. The first-order valence-electron chi connectivity index (χ1n) is 8.43. The van der Waals surface area contributed by atoms with Gasteiger partial charge in [0.1, 0.15) is 5.82 Å². The molecular formula is C20H24ClFN2O. The monoisotopic (exact) mass is 362 g/mol. The van der Waals surface area contributed by atoms with Gasteiger partial charge in [-0.15, -0.1) is 12.4 Å². The molecule has 3 atom stereocenters. The highest BCUT2D eigenvalue weighted by atomic mass is 35.5. The van der Waals surface area contributed by atoms with Gasteiger partial charge in [-0.05, 0) is 41.5 Å². The molecule has 5 heteroatoms. The maximum absolute atomic E-state index is 14.0. The Morgan fingerprint density at radius 2 is 1.96 bits per heavy atom. The number of hydrogen-bond donors (Lipinski definition) is 2. The number of benzene rings is 2. The molecule has 0 spiro atoms. The standard InChI is InChI=1S/C20H23FN2O.ClH/c1-13-10-11-15-16(8-5-9-17(15)21)20(13)23-19(24)12-18(22)14-6-3-2-4-7-14;/h2-9,13,18,20H,10-12,22H2,1H3,(H,23,24);1H. The summed E-state index contributed by atoms with van der Waals surface area (Å²) in [6, 6.07) is 14.2. The third-order valence-corrected chi connectivity index (χ3v) is 4.86. The predicted octanol–water partition coefficient (Wildman–Crippen LogP) is 4.08. The van der Waals surface area contributed by atoms with E-state index in [9.17, 15) is 9.18 Å². The summed E-state index contributed by atoms with van der Waals surface area (Å²) >= 11 is 0. The van der Waals surface area contributed by atoms with E-state index >= 15 is 0 Å². The van der Waals surface area contributed by atoms with E-state index in [2.05, 4.69) is 12.2 Å². The Labute approximate surface area is 154 Å². The zero-order valence-corrected chi connectivity index (χ0v) is 15.1. The highest BCUT2D eigenvalue weighted by Gasteiger charge is 2.29. The number of carbonyl (C=O) groups excluding carboxylic acids is 1. The van der Waals surface area contributed by atoms with Gasteiger partial charge in [0.25, 0.3) is 0 Å². The Morgan fingerprint density at radius 3 is 2.68 bits per heavy atom. The topological polar surface area (TPSA) is 55.1 Å². The van der Waals surface area contributed by atoms with Crippen LogP contribution < -0.4 is 11.1 Å². The van der Waals surface area contributed by atoms with Crippen LogP contribution in [0.15, 0.2) is 48.5 Å². The largest absolute Gasteiger partial charge is 0.349 e. The highest BCUT2D eigenvalue weighted by Crippen LogP contribution is 2.35. The molecule has 3 unspecified atom stereocenters. The van der Waals surface area contributed by atoms with Gasteiger partial charge in [0.2, 0.25) is 5.91 Å². The van der Waals surface area contributed by atoms with Crippen molar-refractivity contribution < 1.29 is 9.18 Å². The quantitative estimate of drug-likeness (QED) is 0.861. The molecule has 0 saturated heterocycles. The van der Waals surface area contributed by atoms with Gasteiger partial charge in [0, 0.05) is 12.5 Å². The van der Waals surface area contributed by atoms with Crippen LogP contribution in [-0.4, -0.2) is 5.91 Å². The van der Waals surface area contributed by atoms with Crippen LogP contribution in [0.3, 0.4) is 0 Å². The van der Waals surface area contributed by atoms with Gasteiger partial charge < -0.3 is 11.1 Å². The molecule has 0 bridgehead atoms. The summed E-state index contributed by atoms with van der Waals surface area (Å²) < 4.78 is 14.0. The van der Waals surface area contributed by atoms with Gasteiger partial charge in [-0.2, -0.15) is 0 Å². The lowest BCUT2D eigenvalue weighted by Gasteiger charge is -2.32. The van der Waals surface area contributed by atoms with Crippen molar-refractivity contribution in [3.8, 4) is 0 Å². The minimum Gasteiger partial charge on any atom is -0.349 e. The van der Waals surface area contributed by atoms with E-state index in [0.29, 0.717) is 0 Å². The molecule has 1 aliphatic carbocycles. The van der Waals surface area contributed by atoms with Crippen molar-refractivity contribution in [2.24, 2.45) is 11.7 Å². The molecule has 2 aromatic rings. The summed E-state index contributed by atoms with van der Waals surface area (Å²) in [5.41, 5.74) is 8.70. The lowest BCUT2D eigenvalue weighted by atomic mass is 9.80. The molecule has 2 aromatic carbocycles. The fourth-order valence-electron chi connectivity index (χ4n) is 3.45. The van der Waals surface area contributed by atoms with Gasteiger partial charge in [0.15, 0.2) is 0 Å². The van der Waals surface area contributed by atoms with Crippen molar-refractivity contribution >= 4 is 18.3 Å². The van der Waals surface area contributed by atoms with E-state index in [4.69, 9.17) is 5.73 Å². The second kappa shape index (κ2) is 8.45. The number of fused-ring (bicyclic) bond motifs is 1. The van der Waals surface area contributed by atoms with Gasteiger partial charge in [-0.1, -0.05) is 49.4 Å². The van der Waals surface area contributed by atoms with Crippen molar-refractivity contribution in [2.45, 2.75) is 38.3 Å². The van der Waals surface area contributed by atoms with Crippen molar-refractivity contribution in [3.63, 3.8) is 0 Å². The summed E-state index contributed by atoms with van der Waals surface area (Å²) in [4.78, 5) is 12.5. The second-order valence-electron chi connectivity index (χ2n) is 6.59. The Balaban J connectivity index is 0.00000225. The van der Waals surface area contributed by atoms with Crippen LogP contribution in [0.2, 0.25) is 0 Å². The van der Waals surface area contributed by atoms with E-state index in [0.717, 1.165) is 29.5 Å². The van der Waals surface area contributed by atoms with Crippen LogP contribution in [0.5, 0.6) is 0 Å². The molecule has 0 saturated carbocycles. The highest BCUT2D eigenvalue weighted by molar-refractivity contribution is 5.85. The molecule has 0 aromatic heterocycles. The number of amides is 1. The van der Waals surface area contributed by atoms with Gasteiger partial charge in [0.05, 0.1) is 6.04 Å². The van der Waals surface area contributed by atoms with Gasteiger partial charge >= 0.3 is 0 Å². The number of rotatable bonds is 4. The predicted molar refractivity (Wildman–Crippen MR) is 100 cm³/mol. The van der Waals surface area contributed by atoms with Crippen molar-refractivity contribution in [2.75, 3.05) is 0 Å². The van der Waals surface area contributed by atoms with Crippen LogP contribution in [-0.2, 0) is 11.2 Å². The molecule has 3 rings (SSSR count). The number of nitrogens with two attached hydrogens (primary N) is 1. The van der Waals surface area contributed by atoms with E-state index in [1.165, 1.54) is 6.07 Å². The molecule has 25 heavy (non-hydrogen) atoms. The average Bonchev–Trinajstić information content (AvgIpc) is 2.58. The molecule has 3 nitrogen and oxygen atoms in total. The number of nitrogens with one attached hydrogen (secondary N) is 1. The third kappa shape index (κ3) is 4.39. The van der Waals surface area contributed by atoms with Crippen molar-refractivity contribution in [1.29, 1.82) is 0 Å². The number of halogens is 2. The summed E-state index contributed by atoms with van der Waals surface area (Å²) in [6.45, 7) is 2.09. The van der Waals surface area contributed by atoms with E-state index in [1.54, 1.807) is 6.07 Å². The minimum absolute atomic E-state index is 0. The van der Waals surface area contributed by atoms with Crippen LogP contribution in [0.25, 0.3) is 0 Å². The Morgan fingerprint density at radius 1 is 1.24 bits per heavy atom. The summed E-state index contributed by atoms with van der Waals surface area (Å²) in [5, 5.41) is 3.07. The second-order valence-corrected chi connectivity index (χ2v) is 6.59. The average molecular weight is 363 g/mol. The molecule has 0 heterocycles. The lowest BCUT2D eigenvalue weighted by molar-refractivity contribution is -0.122. The van der Waals surface area contributed by atoms with Crippen molar-refractivity contribution in [3.05, 3.63) is 71.0 Å². The normalized spacial score (nSPS) is 20.1. The molecule has 0 aliphatic heterocycles. The Kier molecular flexibility index (Phi) is 6.57. The first-order valence-corrected chi connectivity index (χ1v) is 8.43. The first kappa shape index (κ1) is 19.4. The van der Waals surface area contributed by atoms with Crippen LogP contribution in [0, 0.1) is 11.7 Å². The lowest BCUT2D eigenvalue weighted by Crippen LogP contribution is -2.37. The molecule has 3 N–H and O–H groups in total. The molecule has 1 aliphatic rings. The zero-order valence-electron chi connectivity index (χ0n) is 14.2. The van der Waals surface area contributed by atoms with Crippen LogP contribution in [0.1, 0.15) is 48.5 Å². The number of hydrogen-bond acceptors (Lipinski definition) is 2. The smallest absolute Gasteiger partial charge is 0.222 e. The fraction of sp³-hybridized carbons (Fsp3) is 0.350. The summed E-state index contributed by atoms with van der Waals surface area (Å²) in [7, 11) is 0. The molecule has 0 radical (unpaired) electrons. The fourth-order valence-corrected chi connectivity index (χ4v) is 3.45. The van der Waals surface area contributed by atoms with E-state index < -0.39 is 0 Å². The molecule has 1 amide bonds. The first-order chi connectivity index (χ1) is 11.6. The number of carbonyl (C=O) groups is 1. The van der Waals surface area contributed by atoms with Crippen LogP contribution >= 0.6 is 12.4 Å². The molecule has 0 fully saturated rings. The minimum atomic E-state index is -0.336. The van der Waals surface area contributed by atoms with Gasteiger partial charge in [-0.3, -0.25) is 4.79 Å². The SMILES string of the molecule is CC1CCc2c(F)cccc2C1NC(=O)CC(N)c1ccccc1.Cl. The molecular weight excluding hydrogens is 339 g/mol. The van der Waals surface area contributed by atoms with Crippen LogP contribution in [0.4, 0.5) is 4.39 Å². The maximum atomic E-state index is 14.0.